The summed E-state index contributed by atoms with van der Waals surface area (Å²) in [7, 11) is 3.24. The summed E-state index contributed by atoms with van der Waals surface area (Å²) in [5, 5.41) is 4.03. The number of nitrogens with one attached hydrogen (secondary N) is 1. The van der Waals surface area contributed by atoms with Crippen LogP contribution >= 0.6 is 0 Å². The number of pyridine rings is 1. The van der Waals surface area contributed by atoms with Gasteiger partial charge in [-0.25, -0.2) is 0 Å². The smallest absolute Gasteiger partial charge is 0.252 e. The molecule has 0 aliphatic heterocycles. The number of rotatable bonds is 6. The minimum Gasteiger partial charge on any atom is -0.493 e. The number of ether oxygens (including phenoxy) is 2. The van der Waals surface area contributed by atoms with Crippen molar-refractivity contribution in [3.8, 4) is 11.5 Å². The minimum atomic E-state index is -0.0165. The second-order valence-corrected chi connectivity index (χ2v) is 6.98. The lowest BCUT2D eigenvalue weighted by molar-refractivity contribution is 0.0955. The Kier molecular flexibility index (Phi) is 5.15. The van der Waals surface area contributed by atoms with Gasteiger partial charge in [0.15, 0.2) is 11.5 Å². The second kappa shape index (κ2) is 7.89. The fraction of sp³-hybridized carbons (Fsp3) is 0.304. The van der Waals surface area contributed by atoms with Crippen molar-refractivity contribution in [1.82, 2.24) is 10.3 Å². The molecule has 1 aliphatic rings. The van der Waals surface area contributed by atoms with E-state index >= 15 is 0 Å². The van der Waals surface area contributed by atoms with E-state index in [0.29, 0.717) is 18.0 Å². The summed E-state index contributed by atoms with van der Waals surface area (Å²) in [6.45, 7) is 0.555. The third-order valence-electron chi connectivity index (χ3n) is 5.29. The van der Waals surface area contributed by atoms with Crippen LogP contribution in [0.3, 0.4) is 0 Å². The van der Waals surface area contributed by atoms with Gasteiger partial charge in [0.2, 0.25) is 0 Å². The Balaban J connectivity index is 1.52. The highest BCUT2D eigenvalue weighted by molar-refractivity contribution is 6.07. The number of benzene rings is 2. The van der Waals surface area contributed by atoms with Gasteiger partial charge in [-0.05, 0) is 55.0 Å². The Bertz CT molecular complexity index is 1030. The number of amides is 1. The van der Waals surface area contributed by atoms with Crippen molar-refractivity contribution in [2.24, 2.45) is 0 Å². The summed E-state index contributed by atoms with van der Waals surface area (Å²) in [5.41, 5.74) is 4.97. The summed E-state index contributed by atoms with van der Waals surface area (Å²) in [6, 6.07) is 13.7. The lowest BCUT2D eigenvalue weighted by Gasteiger charge is -2.13. The molecule has 0 saturated carbocycles. The van der Waals surface area contributed by atoms with E-state index < -0.39 is 0 Å². The molecule has 28 heavy (non-hydrogen) atoms. The molecule has 144 valence electrons. The Morgan fingerprint density at radius 1 is 1.07 bits per heavy atom. The van der Waals surface area contributed by atoms with Gasteiger partial charge in [-0.1, -0.05) is 24.3 Å². The molecule has 1 amide bonds. The molecular formula is C23H24N2O3. The molecule has 5 heteroatoms. The maximum absolute atomic E-state index is 13.0. The van der Waals surface area contributed by atoms with Crippen LogP contribution in [0.2, 0.25) is 0 Å². The maximum atomic E-state index is 13.0. The molecule has 3 aromatic rings. The lowest BCUT2D eigenvalue weighted by Crippen LogP contribution is -2.27. The fourth-order valence-electron chi connectivity index (χ4n) is 3.92. The highest BCUT2D eigenvalue weighted by Crippen LogP contribution is 2.30. The van der Waals surface area contributed by atoms with Crippen molar-refractivity contribution >= 4 is 16.8 Å². The van der Waals surface area contributed by atoms with Crippen molar-refractivity contribution in [3.05, 3.63) is 64.8 Å². The van der Waals surface area contributed by atoms with Crippen LogP contribution in [0.4, 0.5) is 0 Å². The number of nitrogens with zero attached hydrogens (tertiary/aromatic N) is 1. The van der Waals surface area contributed by atoms with E-state index in [9.17, 15) is 4.79 Å². The van der Waals surface area contributed by atoms with Crippen molar-refractivity contribution in [2.75, 3.05) is 20.8 Å². The third-order valence-corrected chi connectivity index (χ3v) is 5.29. The summed E-state index contributed by atoms with van der Waals surface area (Å²) in [4.78, 5) is 17.8. The Morgan fingerprint density at radius 2 is 1.89 bits per heavy atom. The number of carbonyl (C=O) groups is 1. The number of aryl methyl sites for hydroxylation is 1. The van der Waals surface area contributed by atoms with Crippen LogP contribution in [-0.2, 0) is 19.3 Å². The molecule has 1 aromatic heterocycles. The first-order chi connectivity index (χ1) is 13.7. The zero-order valence-corrected chi connectivity index (χ0v) is 16.2. The van der Waals surface area contributed by atoms with Gasteiger partial charge < -0.3 is 14.8 Å². The van der Waals surface area contributed by atoms with Gasteiger partial charge in [-0.3, -0.25) is 9.78 Å². The molecule has 1 aliphatic carbocycles. The number of fused-ring (bicyclic) bond motifs is 2. The van der Waals surface area contributed by atoms with Gasteiger partial charge in [0.05, 0.1) is 25.3 Å². The summed E-state index contributed by atoms with van der Waals surface area (Å²) in [5.74, 6) is 1.38. The van der Waals surface area contributed by atoms with Crippen LogP contribution < -0.4 is 14.8 Å². The van der Waals surface area contributed by atoms with E-state index in [0.717, 1.165) is 59.0 Å². The fourth-order valence-corrected chi connectivity index (χ4v) is 3.92. The van der Waals surface area contributed by atoms with E-state index in [-0.39, 0.29) is 5.91 Å². The number of carbonyl (C=O) groups excluding carboxylic acids is 1. The van der Waals surface area contributed by atoms with Crippen molar-refractivity contribution < 1.29 is 14.3 Å². The zero-order chi connectivity index (χ0) is 19.5. The van der Waals surface area contributed by atoms with Gasteiger partial charge in [-0.15, -0.1) is 0 Å². The predicted octanol–water partition coefficient (Wildman–Crippen LogP) is 3.71. The number of hydrogen-bond donors (Lipinski definition) is 1. The SMILES string of the molecule is COc1ccc(CCNC(=O)c2c3c(nc4ccccc24)CCC3)cc1OC. The molecule has 1 N–H and O–H groups in total. The molecule has 2 aromatic carbocycles. The third kappa shape index (κ3) is 3.40. The van der Waals surface area contributed by atoms with Crippen LogP contribution in [0.1, 0.15) is 33.6 Å². The Labute approximate surface area is 164 Å². The molecule has 0 saturated heterocycles. The molecule has 0 spiro atoms. The van der Waals surface area contributed by atoms with Gasteiger partial charge >= 0.3 is 0 Å². The Morgan fingerprint density at radius 3 is 2.71 bits per heavy atom. The quantitative estimate of drug-likeness (QED) is 0.712. The molecule has 5 nitrogen and oxygen atoms in total. The van der Waals surface area contributed by atoms with Gasteiger partial charge in [0, 0.05) is 17.6 Å². The van der Waals surface area contributed by atoms with Crippen molar-refractivity contribution in [1.29, 1.82) is 0 Å². The molecule has 0 fully saturated rings. The molecule has 0 bridgehead atoms. The van der Waals surface area contributed by atoms with E-state index in [1.165, 1.54) is 0 Å². The van der Waals surface area contributed by atoms with Gasteiger partial charge in [0.1, 0.15) is 0 Å². The van der Waals surface area contributed by atoms with Crippen LogP contribution in [0.15, 0.2) is 42.5 Å². The first kappa shape index (κ1) is 18.3. The Hall–Kier alpha value is -3.08. The number of para-hydroxylation sites is 1. The second-order valence-electron chi connectivity index (χ2n) is 6.98. The highest BCUT2D eigenvalue weighted by atomic mass is 16.5. The lowest BCUT2D eigenvalue weighted by atomic mass is 10.0. The summed E-state index contributed by atoms with van der Waals surface area (Å²) >= 11 is 0. The normalized spacial score (nSPS) is 12.6. The standard InChI is InChI=1S/C23H24N2O3/c1-27-20-11-10-15(14-21(20)28-2)12-13-24-23(26)22-16-6-3-4-8-18(16)25-19-9-5-7-17(19)22/h3-4,6,8,10-11,14H,5,7,9,12-13H2,1-2H3,(H,24,26). The van der Waals surface area contributed by atoms with E-state index in [4.69, 9.17) is 14.5 Å². The number of aromatic nitrogens is 1. The highest BCUT2D eigenvalue weighted by Gasteiger charge is 2.23. The minimum absolute atomic E-state index is 0.0165. The largest absolute Gasteiger partial charge is 0.493 e. The van der Waals surface area contributed by atoms with Crippen LogP contribution in [0, 0.1) is 0 Å². The van der Waals surface area contributed by atoms with Crippen LogP contribution in [0.25, 0.3) is 10.9 Å². The molecule has 0 unspecified atom stereocenters. The van der Waals surface area contributed by atoms with Gasteiger partial charge in [0.25, 0.3) is 5.91 Å². The summed E-state index contributed by atoms with van der Waals surface area (Å²) in [6.07, 6.45) is 3.65. The predicted molar refractivity (Wildman–Crippen MR) is 109 cm³/mol. The zero-order valence-electron chi connectivity index (χ0n) is 16.2. The maximum Gasteiger partial charge on any atom is 0.252 e. The van der Waals surface area contributed by atoms with Crippen LogP contribution in [-0.4, -0.2) is 31.7 Å². The molecule has 0 radical (unpaired) electrons. The average molecular weight is 376 g/mol. The van der Waals surface area contributed by atoms with Crippen molar-refractivity contribution in [3.63, 3.8) is 0 Å². The topological polar surface area (TPSA) is 60.5 Å². The summed E-state index contributed by atoms with van der Waals surface area (Å²) < 4.78 is 10.6. The molecule has 4 rings (SSSR count). The van der Waals surface area contributed by atoms with E-state index in [1.807, 2.05) is 42.5 Å². The molecular weight excluding hydrogens is 352 g/mol. The van der Waals surface area contributed by atoms with Crippen molar-refractivity contribution in [2.45, 2.75) is 25.7 Å². The van der Waals surface area contributed by atoms with E-state index in [2.05, 4.69) is 5.32 Å². The van der Waals surface area contributed by atoms with Gasteiger partial charge in [-0.2, -0.15) is 0 Å². The first-order valence-electron chi connectivity index (χ1n) is 9.61. The monoisotopic (exact) mass is 376 g/mol. The number of methoxy groups -OCH3 is 2. The first-order valence-corrected chi connectivity index (χ1v) is 9.61. The molecule has 1 heterocycles. The average Bonchev–Trinajstić information content (AvgIpc) is 3.19. The molecule has 0 atom stereocenters. The number of hydrogen-bond acceptors (Lipinski definition) is 4. The van der Waals surface area contributed by atoms with Crippen LogP contribution in [0.5, 0.6) is 11.5 Å². The van der Waals surface area contributed by atoms with E-state index in [1.54, 1.807) is 14.2 Å².